The molecule has 0 aliphatic carbocycles. The molecule has 2 N–H and O–H groups in total. The van der Waals surface area contributed by atoms with Gasteiger partial charge >= 0.3 is 5.97 Å². The number of rotatable bonds is 5. The standard InChI is InChI=1S/C14H21NO2/c1-5-14(4,13(16)17)15-9-12-7-6-10(2)11(3)8-12/h6-8,15H,5,9H2,1-4H3,(H,16,17). The fourth-order valence-electron chi connectivity index (χ4n) is 1.56. The van der Waals surface area contributed by atoms with Crippen molar-refractivity contribution in [2.45, 2.75) is 46.2 Å². The molecule has 3 heteroatoms. The van der Waals surface area contributed by atoms with Crippen LogP contribution in [-0.2, 0) is 11.3 Å². The highest BCUT2D eigenvalue weighted by molar-refractivity contribution is 5.78. The quantitative estimate of drug-likeness (QED) is 0.825. The number of carbonyl (C=O) groups is 1. The smallest absolute Gasteiger partial charge is 0.323 e. The van der Waals surface area contributed by atoms with Gasteiger partial charge in [0.05, 0.1) is 0 Å². The molecule has 0 aliphatic rings. The van der Waals surface area contributed by atoms with Crippen LogP contribution in [0.5, 0.6) is 0 Å². The van der Waals surface area contributed by atoms with Crippen LogP contribution in [0.15, 0.2) is 18.2 Å². The first-order valence-electron chi connectivity index (χ1n) is 5.93. The predicted molar refractivity (Wildman–Crippen MR) is 69.1 cm³/mol. The first-order chi connectivity index (χ1) is 7.89. The van der Waals surface area contributed by atoms with Gasteiger partial charge in [-0.05, 0) is 43.9 Å². The Kier molecular flexibility index (Phi) is 4.29. The molecule has 0 saturated heterocycles. The summed E-state index contributed by atoms with van der Waals surface area (Å²) in [5.74, 6) is -0.802. The molecule has 0 radical (unpaired) electrons. The zero-order valence-corrected chi connectivity index (χ0v) is 11.0. The number of hydrogen-bond donors (Lipinski definition) is 2. The lowest BCUT2D eigenvalue weighted by molar-refractivity contribution is -0.144. The van der Waals surface area contributed by atoms with E-state index in [2.05, 4.69) is 31.3 Å². The summed E-state index contributed by atoms with van der Waals surface area (Å²) in [7, 11) is 0. The summed E-state index contributed by atoms with van der Waals surface area (Å²) in [6, 6.07) is 6.20. The van der Waals surface area contributed by atoms with Gasteiger partial charge in [-0.3, -0.25) is 10.1 Å². The summed E-state index contributed by atoms with van der Waals surface area (Å²) < 4.78 is 0. The third kappa shape index (κ3) is 3.30. The lowest BCUT2D eigenvalue weighted by atomic mass is 9.98. The van der Waals surface area contributed by atoms with Crippen LogP contribution in [0.2, 0.25) is 0 Å². The lowest BCUT2D eigenvalue weighted by Crippen LogP contribution is -2.48. The average molecular weight is 235 g/mol. The molecule has 1 aromatic carbocycles. The van der Waals surface area contributed by atoms with Crippen LogP contribution < -0.4 is 5.32 Å². The van der Waals surface area contributed by atoms with Gasteiger partial charge in [-0.15, -0.1) is 0 Å². The number of nitrogens with one attached hydrogen (secondary N) is 1. The van der Waals surface area contributed by atoms with E-state index < -0.39 is 11.5 Å². The fourth-order valence-corrected chi connectivity index (χ4v) is 1.56. The second-order valence-electron chi connectivity index (χ2n) is 4.76. The van der Waals surface area contributed by atoms with Crippen molar-refractivity contribution in [3.63, 3.8) is 0 Å². The molecule has 1 rings (SSSR count). The molecule has 0 aliphatic heterocycles. The molecular weight excluding hydrogens is 214 g/mol. The molecule has 1 atom stereocenters. The number of aliphatic carboxylic acids is 1. The van der Waals surface area contributed by atoms with Crippen molar-refractivity contribution >= 4 is 5.97 Å². The van der Waals surface area contributed by atoms with E-state index in [1.165, 1.54) is 11.1 Å². The number of carboxylic acids is 1. The first-order valence-corrected chi connectivity index (χ1v) is 5.93. The van der Waals surface area contributed by atoms with Gasteiger partial charge in [0.15, 0.2) is 0 Å². The largest absolute Gasteiger partial charge is 0.480 e. The summed E-state index contributed by atoms with van der Waals surface area (Å²) >= 11 is 0. The normalized spacial score (nSPS) is 14.4. The van der Waals surface area contributed by atoms with E-state index in [9.17, 15) is 4.79 Å². The van der Waals surface area contributed by atoms with Crippen LogP contribution in [0.1, 0.15) is 37.0 Å². The van der Waals surface area contributed by atoms with Crippen molar-refractivity contribution in [2.75, 3.05) is 0 Å². The molecule has 1 unspecified atom stereocenters. The van der Waals surface area contributed by atoms with Gasteiger partial charge in [0.2, 0.25) is 0 Å². The molecule has 0 heterocycles. The van der Waals surface area contributed by atoms with Gasteiger partial charge < -0.3 is 5.11 Å². The summed E-state index contributed by atoms with van der Waals surface area (Å²) in [5.41, 5.74) is 2.76. The Labute approximate surface area is 103 Å². The van der Waals surface area contributed by atoms with Crippen LogP contribution in [-0.4, -0.2) is 16.6 Å². The number of carboxylic acid groups (broad SMARTS) is 1. The third-order valence-corrected chi connectivity index (χ3v) is 3.43. The van der Waals surface area contributed by atoms with Gasteiger partial charge in [0.1, 0.15) is 5.54 Å². The van der Waals surface area contributed by atoms with E-state index >= 15 is 0 Å². The Bertz CT molecular complexity index is 415. The van der Waals surface area contributed by atoms with Crippen LogP contribution >= 0.6 is 0 Å². The zero-order chi connectivity index (χ0) is 13.1. The Hall–Kier alpha value is -1.35. The number of hydrogen-bond acceptors (Lipinski definition) is 2. The lowest BCUT2D eigenvalue weighted by Gasteiger charge is -2.24. The molecule has 0 saturated carbocycles. The Morgan fingerprint density at radius 2 is 2.00 bits per heavy atom. The van der Waals surface area contributed by atoms with Crippen LogP contribution in [0, 0.1) is 13.8 Å². The molecule has 0 fully saturated rings. The summed E-state index contributed by atoms with van der Waals surface area (Å²) in [5, 5.41) is 12.3. The van der Waals surface area contributed by atoms with E-state index in [0.717, 1.165) is 5.56 Å². The number of benzene rings is 1. The van der Waals surface area contributed by atoms with E-state index in [1.54, 1.807) is 6.92 Å². The van der Waals surface area contributed by atoms with E-state index in [0.29, 0.717) is 13.0 Å². The molecule has 0 spiro atoms. The first kappa shape index (κ1) is 13.7. The molecule has 94 valence electrons. The maximum Gasteiger partial charge on any atom is 0.323 e. The molecular formula is C14H21NO2. The third-order valence-electron chi connectivity index (χ3n) is 3.43. The van der Waals surface area contributed by atoms with Crippen LogP contribution in [0.4, 0.5) is 0 Å². The predicted octanol–water partition coefficient (Wildman–Crippen LogP) is 2.65. The van der Waals surface area contributed by atoms with Crippen molar-refractivity contribution in [3.8, 4) is 0 Å². The van der Waals surface area contributed by atoms with Crippen LogP contribution in [0.25, 0.3) is 0 Å². The SMILES string of the molecule is CCC(C)(NCc1ccc(C)c(C)c1)C(=O)O. The molecule has 0 bridgehead atoms. The average Bonchev–Trinajstić information content (AvgIpc) is 2.30. The Morgan fingerprint density at radius 3 is 2.47 bits per heavy atom. The van der Waals surface area contributed by atoms with E-state index in [-0.39, 0.29) is 0 Å². The summed E-state index contributed by atoms with van der Waals surface area (Å²) in [6.45, 7) is 8.31. The zero-order valence-electron chi connectivity index (χ0n) is 11.0. The Balaban J connectivity index is 2.73. The molecule has 1 aromatic rings. The van der Waals surface area contributed by atoms with Crippen molar-refractivity contribution < 1.29 is 9.90 Å². The molecule has 0 aromatic heterocycles. The maximum absolute atomic E-state index is 11.1. The minimum Gasteiger partial charge on any atom is -0.480 e. The topological polar surface area (TPSA) is 49.3 Å². The van der Waals surface area contributed by atoms with E-state index in [4.69, 9.17) is 5.11 Å². The summed E-state index contributed by atoms with van der Waals surface area (Å²) in [4.78, 5) is 11.1. The van der Waals surface area contributed by atoms with Gasteiger partial charge in [0, 0.05) is 6.54 Å². The van der Waals surface area contributed by atoms with Crippen molar-refractivity contribution in [2.24, 2.45) is 0 Å². The second kappa shape index (κ2) is 5.32. The molecule has 3 nitrogen and oxygen atoms in total. The highest BCUT2D eigenvalue weighted by Crippen LogP contribution is 2.13. The van der Waals surface area contributed by atoms with Gasteiger partial charge in [0.25, 0.3) is 0 Å². The highest BCUT2D eigenvalue weighted by atomic mass is 16.4. The number of aryl methyl sites for hydroxylation is 2. The molecule has 0 amide bonds. The van der Waals surface area contributed by atoms with Crippen molar-refractivity contribution in [1.82, 2.24) is 5.32 Å². The second-order valence-corrected chi connectivity index (χ2v) is 4.76. The summed E-state index contributed by atoms with van der Waals surface area (Å²) in [6.07, 6.45) is 0.563. The Morgan fingerprint density at radius 1 is 1.35 bits per heavy atom. The monoisotopic (exact) mass is 235 g/mol. The van der Waals surface area contributed by atoms with Gasteiger partial charge in [-0.25, -0.2) is 0 Å². The van der Waals surface area contributed by atoms with Crippen molar-refractivity contribution in [1.29, 1.82) is 0 Å². The fraction of sp³-hybridized carbons (Fsp3) is 0.500. The van der Waals surface area contributed by atoms with Crippen molar-refractivity contribution in [3.05, 3.63) is 34.9 Å². The molecule has 17 heavy (non-hydrogen) atoms. The van der Waals surface area contributed by atoms with E-state index in [1.807, 2.05) is 13.0 Å². The van der Waals surface area contributed by atoms with Gasteiger partial charge in [-0.1, -0.05) is 25.1 Å². The highest BCUT2D eigenvalue weighted by Gasteiger charge is 2.29. The van der Waals surface area contributed by atoms with Gasteiger partial charge in [-0.2, -0.15) is 0 Å². The minimum atomic E-state index is -0.848. The van der Waals surface area contributed by atoms with Crippen LogP contribution in [0.3, 0.4) is 0 Å². The maximum atomic E-state index is 11.1. The minimum absolute atomic E-state index is 0.563.